The van der Waals surface area contributed by atoms with Crippen LogP contribution in [0, 0.1) is 0 Å². The van der Waals surface area contributed by atoms with E-state index in [1.807, 2.05) is 11.5 Å². The number of carboxylic acids is 2. The number of rotatable bonds is 10. The molecule has 2 aliphatic heterocycles. The second kappa shape index (κ2) is 10.8. The van der Waals surface area contributed by atoms with Crippen molar-refractivity contribution in [2.24, 2.45) is 5.16 Å². The van der Waals surface area contributed by atoms with Gasteiger partial charge in [0.15, 0.2) is 24.7 Å². The predicted molar refractivity (Wildman–Crippen MR) is 131 cm³/mol. The van der Waals surface area contributed by atoms with Gasteiger partial charge in [-0.3, -0.25) is 19.7 Å². The molecule has 200 valence electrons. The Hall–Kier alpha value is -4.02. The number of fused-ring (bicyclic) bond motifs is 1. The fourth-order valence-electron chi connectivity index (χ4n) is 3.60. The fourth-order valence-corrected chi connectivity index (χ4v) is 5.53. The first-order chi connectivity index (χ1) is 18.0. The van der Waals surface area contributed by atoms with Crippen LogP contribution >= 0.6 is 23.1 Å². The molecule has 2 amide bonds. The van der Waals surface area contributed by atoms with Gasteiger partial charge in [0.25, 0.3) is 11.8 Å². The van der Waals surface area contributed by atoms with E-state index in [0.717, 1.165) is 16.2 Å². The molecular formula is C22H22N6O8S2. The van der Waals surface area contributed by atoms with Crippen molar-refractivity contribution < 1.29 is 44.0 Å². The van der Waals surface area contributed by atoms with Crippen molar-refractivity contribution in [2.45, 2.75) is 37.4 Å². The van der Waals surface area contributed by atoms with E-state index >= 15 is 0 Å². The van der Waals surface area contributed by atoms with Crippen LogP contribution in [0.2, 0.25) is 0 Å². The van der Waals surface area contributed by atoms with Crippen LogP contribution in [0.1, 0.15) is 19.5 Å². The summed E-state index contributed by atoms with van der Waals surface area (Å²) >= 11 is 2.21. The topological polar surface area (TPSA) is 197 Å². The molecule has 1 saturated heterocycles. The largest absolute Gasteiger partial charge is 0.543 e. The lowest BCUT2D eigenvalue weighted by atomic mass is 10.0. The molecule has 16 heteroatoms. The molecule has 0 saturated carbocycles. The van der Waals surface area contributed by atoms with Gasteiger partial charge >= 0.3 is 5.97 Å². The van der Waals surface area contributed by atoms with Crippen LogP contribution in [-0.4, -0.2) is 72.4 Å². The molecule has 1 fully saturated rings. The Morgan fingerprint density at radius 3 is 2.63 bits per heavy atom. The first kappa shape index (κ1) is 27.0. The normalized spacial score (nSPS) is 19.4. The molecule has 0 bridgehead atoms. The number of aliphatic carboxylic acids is 2. The average molecular weight is 563 g/mol. The lowest BCUT2D eigenvalue weighted by Gasteiger charge is -2.50. The van der Waals surface area contributed by atoms with Gasteiger partial charge in [0.1, 0.15) is 17.1 Å². The second-order valence-corrected chi connectivity index (χ2v) is 10.6. The standard InChI is InChI=1S/C22H22N6O8S2/c1-22(2,20(33)34)36-26-13(12-10-38-21(23-12)25-35)16(29)24-14-17(30)28-15(19(31)32)11(9-37-18(14)28)8-27-6-4-3-5-7-27/h3-7,10,14,18H,8-9H2,1-2H3,(H4-,23,24,25,26,29,31,32,33,34,35)/t14-,18-/m1/s1. The van der Waals surface area contributed by atoms with E-state index < -0.39 is 46.5 Å². The zero-order chi connectivity index (χ0) is 27.6. The van der Waals surface area contributed by atoms with Crippen LogP contribution in [-0.2, 0) is 30.6 Å². The summed E-state index contributed by atoms with van der Waals surface area (Å²) < 4.78 is 1.77. The number of pyridine rings is 1. The minimum absolute atomic E-state index is 0.0271. The van der Waals surface area contributed by atoms with Crippen molar-refractivity contribution >= 4 is 57.7 Å². The molecule has 4 N–H and O–H groups in total. The third-order valence-electron chi connectivity index (χ3n) is 5.62. The number of amides is 2. The highest BCUT2D eigenvalue weighted by Crippen LogP contribution is 2.40. The van der Waals surface area contributed by atoms with Crippen LogP contribution < -0.4 is 20.5 Å². The van der Waals surface area contributed by atoms with Crippen molar-refractivity contribution in [1.82, 2.24) is 15.2 Å². The number of oxime groups is 1. The summed E-state index contributed by atoms with van der Waals surface area (Å²) in [6.07, 6.45) is 3.53. The SMILES string of the molecule is CC(C)(O/N=C(\C(=O)N[C@@H]1C(=O)N2C(C(=O)[O-])=C(C[n+]3ccccc3)CS[C@H]12)c1csc(NO)n1)C(=O)O. The molecule has 38 heavy (non-hydrogen) atoms. The molecule has 0 aliphatic carbocycles. The van der Waals surface area contributed by atoms with E-state index in [2.05, 4.69) is 15.5 Å². The van der Waals surface area contributed by atoms with E-state index in [9.17, 15) is 29.4 Å². The third-order valence-corrected chi connectivity index (χ3v) is 7.70. The second-order valence-electron chi connectivity index (χ2n) is 8.64. The number of thioether (sulfide) groups is 1. The van der Waals surface area contributed by atoms with Crippen molar-refractivity contribution in [3.05, 3.63) is 52.9 Å². The quantitative estimate of drug-likeness (QED) is 0.119. The third kappa shape index (κ3) is 5.32. The van der Waals surface area contributed by atoms with E-state index in [-0.39, 0.29) is 28.8 Å². The van der Waals surface area contributed by atoms with Gasteiger partial charge < -0.3 is 25.2 Å². The molecule has 0 unspecified atom stereocenters. The van der Waals surface area contributed by atoms with Crippen LogP contribution in [0.4, 0.5) is 5.13 Å². The first-order valence-electron chi connectivity index (χ1n) is 11.0. The van der Waals surface area contributed by atoms with Gasteiger partial charge in [0.05, 0.1) is 11.7 Å². The summed E-state index contributed by atoms with van der Waals surface area (Å²) in [6, 6.07) is 4.31. The fraction of sp³-hybridized carbons (Fsp3) is 0.318. The van der Waals surface area contributed by atoms with Gasteiger partial charge in [-0.1, -0.05) is 11.2 Å². The van der Waals surface area contributed by atoms with Crippen LogP contribution in [0.5, 0.6) is 0 Å². The van der Waals surface area contributed by atoms with Crippen molar-refractivity contribution in [2.75, 3.05) is 11.2 Å². The van der Waals surface area contributed by atoms with Crippen molar-refractivity contribution in [3.8, 4) is 0 Å². The molecule has 2 aliphatic rings. The maximum Gasteiger partial charge on any atom is 0.350 e. The Labute approximate surface area is 223 Å². The number of carbonyl (C=O) groups is 4. The highest BCUT2D eigenvalue weighted by atomic mass is 32.2. The summed E-state index contributed by atoms with van der Waals surface area (Å²) in [4.78, 5) is 59.7. The minimum atomic E-state index is -1.79. The number of aromatic nitrogens is 2. The summed E-state index contributed by atoms with van der Waals surface area (Å²) in [5.41, 5.74) is -0.208. The van der Waals surface area contributed by atoms with Gasteiger partial charge in [-0.25, -0.2) is 19.8 Å². The Morgan fingerprint density at radius 2 is 2.03 bits per heavy atom. The van der Waals surface area contributed by atoms with Gasteiger partial charge in [-0.2, -0.15) is 0 Å². The average Bonchev–Trinajstić information content (AvgIpc) is 3.36. The van der Waals surface area contributed by atoms with Crippen LogP contribution in [0.3, 0.4) is 0 Å². The highest BCUT2D eigenvalue weighted by molar-refractivity contribution is 8.00. The number of β-lactam (4-membered cyclic amide) rings is 1. The molecule has 2 aromatic heterocycles. The molecule has 0 spiro atoms. The van der Waals surface area contributed by atoms with E-state index in [1.165, 1.54) is 31.0 Å². The summed E-state index contributed by atoms with van der Waals surface area (Å²) in [5, 5.41) is 37.2. The minimum Gasteiger partial charge on any atom is -0.543 e. The Balaban J connectivity index is 1.56. The first-order valence-corrected chi connectivity index (χ1v) is 12.9. The zero-order valence-electron chi connectivity index (χ0n) is 20.0. The smallest absolute Gasteiger partial charge is 0.350 e. The maximum atomic E-state index is 13.2. The predicted octanol–water partition coefficient (Wildman–Crippen LogP) is -1.08. The maximum absolute atomic E-state index is 13.2. The molecule has 4 rings (SSSR count). The lowest BCUT2D eigenvalue weighted by Crippen LogP contribution is -2.71. The van der Waals surface area contributed by atoms with E-state index in [1.54, 1.807) is 29.1 Å². The highest BCUT2D eigenvalue weighted by Gasteiger charge is 2.53. The van der Waals surface area contributed by atoms with Crippen molar-refractivity contribution in [3.63, 3.8) is 0 Å². The van der Waals surface area contributed by atoms with Gasteiger partial charge in [-0.15, -0.1) is 23.1 Å². The summed E-state index contributed by atoms with van der Waals surface area (Å²) in [6.45, 7) is 2.69. The number of hydrogen-bond donors (Lipinski definition) is 4. The van der Waals surface area contributed by atoms with Gasteiger partial charge in [0.2, 0.25) is 10.7 Å². The number of carboxylic acid groups (broad SMARTS) is 2. The number of carbonyl (C=O) groups excluding carboxylic acids is 3. The van der Waals surface area contributed by atoms with Gasteiger partial charge in [0, 0.05) is 28.8 Å². The van der Waals surface area contributed by atoms with Crippen LogP contribution in [0.25, 0.3) is 0 Å². The molecule has 14 nitrogen and oxygen atoms in total. The van der Waals surface area contributed by atoms with Crippen LogP contribution in [0.15, 0.2) is 52.4 Å². The van der Waals surface area contributed by atoms with E-state index in [0.29, 0.717) is 5.57 Å². The Morgan fingerprint density at radius 1 is 1.32 bits per heavy atom. The summed E-state index contributed by atoms with van der Waals surface area (Å²) in [5.74, 6) is -4.14. The van der Waals surface area contributed by atoms with Crippen molar-refractivity contribution in [1.29, 1.82) is 0 Å². The Kier molecular flexibility index (Phi) is 7.66. The Bertz CT molecular complexity index is 1340. The molecular weight excluding hydrogens is 540 g/mol. The molecule has 4 heterocycles. The number of nitrogens with one attached hydrogen (secondary N) is 2. The van der Waals surface area contributed by atoms with Gasteiger partial charge in [-0.05, 0) is 13.8 Å². The molecule has 2 atom stereocenters. The number of anilines is 1. The molecule has 0 aromatic carbocycles. The summed E-state index contributed by atoms with van der Waals surface area (Å²) in [7, 11) is 0. The number of thiazole rings is 1. The monoisotopic (exact) mass is 562 g/mol. The lowest BCUT2D eigenvalue weighted by molar-refractivity contribution is -0.689. The number of hydrogen-bond acceptors (Lipinski definition) is 12. The molecule has 0 radical (unpaired) electrons. The van der Waals surface area contributed by atoms with E-state index in [4.69, 9.17) is 10.0 Å². The molecule has 2 aromatic rings. The zero-order valence-corrected chi connectivity index (χ0v) is 21.6. The number of nitrogens with zero attached hydrogens (tertiary/aromatic N) is 4.